The first kappa shape index (κ1) is 16.5. The van der Waals surface area contributed by atoms with Gasteiger partial charge in [-0.15, -0.1) is 0 Å². The van der Waals surface area contributed by atoms with Crippen LogP contribution in [0.1, 0.15) is 17.8 Å². The van der Waals surface area contributed by atoms with E-state index in [0.29, 0.717) is 26.2 Å². The fraction of sp³-hybridized carbons (Fsp3) is 0.625. The first-order chi connectivity index (χ1) is 11.5. The number of carbonyl (C=O) groups excluding carboxylic acids is 2. The summed E-state index contributed by atoms with van der Waals surface area (Å²) in [5.41, 5.74) is 1.79. The van der Waals surface area contributed by atoms with E-state index in [1.54, 1.807) is 6.20 Å². The van der Waals surface area contributed by atoms with Gasteiger partial charge in [0.2, 0.25) is 5.91 Å². The van der Waals surface area contributed by atoms with Crippen molar-refractivity contribution in [2.24, 2.45) is 0 Å². The standard InChI is InChI=1S/C16H23N5O3/c1-12-10-17-13(2)15(18-12)20-5-3-4-19(6-7-20)14(22)11-21-8-9-24-16(21)23/h10H,3-9,11H2,1-2H3. The van der Waals surface area contributed by atoms with Gasteiger partial charge in [0.05, 0.1) is 17.9 Å². The van der Waals surface area contributed by atoms with Crippen molar-refractivity contribution in [3.05, 3.63) is 17.6 Å². The number of cyclic esters (lactones) is 1. The zero-order chi connectivity index (χ0) is 17.1. The number of aryl methyl sites for hydroxylation is 2. The number of ether oxygens (including phenoxy) is 1. The summed E-state index contributed by atoms with van der Waals surface area (Å²) >= 11 is 0. The molecule has 2 amide bonds. The van der Waals surface area contributed by atoms with Crippen LogP contribution >= 0.6 is 0 Å². The van der Waals surface area contributed by atoms with E-state index < -0.39 is 6.09 Å². The number of rotatable bonds is 3. The van der Waals surface area contributed by atoms with Gasteiger partial charge in [-0.25, -0.2) is 9.78 Å². The minimum absolute atomic E-state index is 0.0252. The summed E-state index contributed by atoms with van der Waals surface area (Å²) in [6.45, 7) is 7.71. The lowest BCUT2D eigenvalue weighted by atomic mass is 10.3. The highest BCUT2D eigenvalue weighted by Gasteiger charge is 2.27. The van der Waals surface area contributed by atoms with Crippen molar-refractivity contribution in [3.8, 4) is 0 Å². The van der Waals surface area contributed by atoms with E-state index in [0.717, 1.165) is 36.7 Å². The second-order valence-electron chi connectivity index (χ2n) is 6.18. The summed E-state index contributed by atoms with van der Waals surface area (Å²) in [5.74, 6) is 0.871. The third kappa shape index (κ3) is 3.58. The molecule has 3 heterocycles. The van der Waals surface area contributed by atoms with Crippen LogP contribution in [0.4, 0.5) is 10.6 Å². The Hall–Kier alpha value is -2.38. The van der Waals surface area contributed by atoms with E-state index in [1.807, 2.05) is 18.7 Å². The number of hydrogen-bond acceptors (Lipinski definition) is 6. The lowest BCUT2D eigenvalue weighted by Gasteiger charge is -2.24. The highest BCUT2D eigenvalue weighted by atomic mass is 16.6. The minimum atomic E-state index is -0.398. The molecule has 2 fully saturated rings. The number of anilines is 1. The molecule has 0 radical (unpaired) electrons. The maximum atomic E-state index is 12.4. The van der Waals surface area contributed by atoms with Crippen LogP contribution in [0.15, 0.2) is 6.20 Å². The summed E-state index contributed by atoms with van der Waals surface area (Å²) in [5, 5.41) is 0. The van der Waals surface area contributed by atoms with Gasteiger partial charge in [-0.2, -0.15) is 0 Å². The van der Waals surface area contributed by atoms with E-state index in [2.05, 4.69) is 14.9 Å². The molecular weight excluding hydrogens is 310 g/mol. The second kappa shape index (κ2) is 7.02. The Morgan fingerprint density at radius 3 is 2.79 bits per heavy atom. The highest BCUT2D eigenvalue weighted by Crippen LogP contribution is 2.17. The second-order valence-corrected chi connectivity index (χ2v) is 6.18. The Kier molecular flexibility index (Phi) is 4.82. The predicted molar refractivity (Wildman–Crippen MR) is 87.8 cm³/mol. The van der Waals surface area contributed by atoms with Crippen LogP contribution in [0.3, 0.4) is 0 Å². The molecule has 1 aromatic rings. The van der Waals surface area contributed by atoms with Crippen LogP contribution < -0.4 is 4.90 Å². The van der Waals surface area contributed by atoms with Gasteiger partial charge in [0.1, 0.15) is 19.0 Å². The van der Waals surface area contributed by atoms with Crippen molar-refractivity contribution in [2.45, 2.75) is 20.3 Å². The fourth-order valence-corrected chi connectivity index (χ4v) is 3.04. The van der Waals surface area contributed by atoms with Gasteiger partial charge in [0.25, 0.3) is 0 Å². The zero-order valence-corrected chi connectivity index (χ0v) is 14.2. The number of nitrogens with zero attached hydrogens (tertiary/aromatic N) is 5. The van der Waals surface area contributed by atoms with Crippen LogP contribution in [0.2, 0.25) is 0 Å². The summed E-state index contributed by atoms with van der Waals surface area (Å²) in [6, 6.07) is 0. The average Bonchev–Trinajstić information content (AvgIpc) is 2.82. The SMILES string of the molecule is Cc1cnc(C)c(N2CCCN(C(=O)CN3CCOC3=O)CC2)n1. The summed E-state index contributed by atoms with van der Waals surface area (Å²) < 4.78 is 4.87. The Bertz CT molecular complexity index is 636. The number of aromatic nitrogens is 2. The molecule has 0 atom stereocenters. The maximum Gasteiger partial charge on any atom is 0.410 e. The van der Waals surface area contributed by atoms with Crippen LogP contribution in [0, 0.1) is 13.8 Å². The average molecular weight is 333 g/mol. The summed E-state index contributed by atoms with van der Waals surface area (Å²) in [4.78, 5) is 38.4. The van der Waals surface area contributed by atoms with Gasteiger partial charge in [-0.05, 0) is 20.3 Å². The summed E-state index contributed by atoms with van der Waals surface area (Å²) in [7, 11) is 0. The van der Waals surface area contributed by atoms with Crippen LogP contribution in [0.5, 0.6) is 0 Å². The predicted octanol–water partition coefficient (Wildman–Crippen LogP) is 0.584. The lowest BCUT2D eigenvalue weighted by molar-refractivity contribution is -0.131. The van der Waals surface area contributed by atoms with Crippen molar-refractivity contribution in [1.82, 2.24) is 19.8 Å². The van der Waals surface area contributed by atoms with Gasteiger partial charge in [-0.3, -0.25) is 14.7 Å². The molecule has 3 rings (SSSR count). The van der Waals surface area contributed by atoms with E-state index in [4.69, 9.17) is 4.74 Å². The smallest absolute Gasteiger partial charge is 0.410 e. The summed E-state index contributed by atoms with van der Waals surface area (Å²) in [6.07, 6.45) is 2.23. The maximum absolute atomic E-state index is 12.4. The van der Waals surface area contributed by atoms with Gasteiger partial charge in [0.15, 0.2) is 0 Å². The Labute approximate surface area is 141 Å². The van der Waals surface area contributed by atoms with Crippen molar-refractivity contribution < 1.29 is 14.3 Å². The van der Waals surface area contributed by atoms with E-state index in [9.17, 15) is 9.59 Å². The molecule has 0 unspecified atom stereocenters. The van der Waals surface area contributed by atoms with Gasteiger partial charge in [-0.1, -0.05) is 0 Å². The molecule has 2 saturated heterocycles. The van der Waals surface area contributed by atoms with Crippen LogP contribution in [0.25, 0.3) is 0 Å². The minimum Gasteiger partial charge on any atom is -0.448 e. The van der Waals surface area contributed by atoms with Crippen LogP contribution in [-0.4, -0.2) is 77.6 Å². The normalized spacial score (nSPS) is 18.6. The quantitative estimate of drug-likeness (QED) is 0.805. The van der Waals surface area contributed by atoms with Crippen molar-refractivity contribution in [3.63, 3.8) is 0 Å². The highest BCUT2D eigenvalue weighted by molar-refractivity contribution is 5.83. The molecule has 0 aromatic carbocycles. The van der Waals surface area contributed by atoms with Crippen molar-refractivity contribution in [2.75, 3.05) is 50.8 Å². The molecule has 0 aliphatic carbocycles. The van der Waals surface area contributed by atoms with Crippen molar-refractivity contribution >= 4 is 17.8 Å². The monoisotopic (exact) mass is 333 g/mol. The molecule has 0 N–H and O–H groups in total. The topological polar surface area (TPSA) is 78.9 Å². The largest absolute Gasteiger partial charge is 0.448 e. The Morgan fingerprint density at radius 2 is 2.04 bits per heavy atom. The van der Waals surface area contributed by atoms with E-state index >= 15 is 0 Å². The fourth-order valence-electron chi connectivity index (χ4n) is 3.04. The van der Waals surface area contributed by atoms with Gasteiger partial charge in [0, 0.05) is 32.4 Å². The third-order valence-electron chi connectivity index (χ3n) is 4.37. The molecule has 130 valence electrons. The van der Waals surface area contributed by atoms with Gasteiger partial charge >= 0.3 is 6.09 Å². The molecule has 2 aliphatic heterocycles. The zero-order valence-electron chi connectivity index (χ0n) is 14.2. The molecule has 0 bridgehead atoms. The molecule has 2 aliphatic rings. The number of carbonyl (C=O) groups is 2. The van der Waals surface area contributed by atoms with Crippen LogP contribution in [-0.2, 0) is 9.53 Å². The molecule has 8 nitrogen and oxygen atoms in total. The first-order valence-electron chi connectivity index (χ1n) is 8.29. The molecule has 8 heteroatoms. The van der Waals surface area contributed by atoms with E-state index in [1.165, 1.54) is 4.90 Å². The molecule has 0 spiro atoms. The Morgan fingerprint density at radius 1 is 1.21 bits per heavy atom. The molecule has 1 aromatic heterocycles. The first-order valence-corrected chi connectivity index (χ1v) is 8.29. The Balaban J connectivity index is 1.61. The lowest BCUT2D eigenvalue weighted by Crippen LogP contribution is -2.42. The number of amides is 2. The van der Waals surface area contributed by atoms with Crippen molar-refractivity contribution in [1.29, 1.82) is 0 Å². The molecule has 24 heavy (non-hydrogen) atoms. The third-order valence-corrected chi connectivity index (χ3v) is 4.37. The van der Waals surface area contributed by atoms with E-state index in [-0.39, 0.29) is 12.5 Å². The molecule has 0 saturated carbocycles. The number of hydrogen-bond donors (Lipinski definition) is 0. The molecular formula is C16H23N5O3. The van der Waals surface area contributed by atoms with Gasteiger partial charge < -0.3 is 14.5 Å².